The Kier molecular flexibility index (Phi) is 5.00. The molecule has 0 spiro atoms. The van der Waals surface area contributed by atoms with Crippen molar-refractivity contribution in [3.63, 3.8) is 0 Å². The second-order valence-electron chi connectivity index (χ2n) is 8.25. The molecule has 1 atom stereocenters. The number of sulfone groups is 1. The first-order valence-electron chi connectivity index (χ1n) is 9.70. The average Bonchev–Trinajstić information content (AvgIpc) is 3.28. The van der Waals surface area contributed by atoms with Gasteiger partial charge < -0.3 is 4.57 Å². The van der Waals surface area contributed by atoms with Crippen LogP contribution >= 0.6 is 12.2 Å². The Labute approximate surface area is 160 Å². The van der Waals surface area contributed by atoms with E-state index in [1.807, 2.05) is 4.68 Å². The number of aromatic nitrogens is 3. The molecule has 1 aromatic rings. The van der Waals surface area contributed by atoms with Crippen LogP contribution in [0.3, 0.4) is 0 Å². The highest BCUT2D eigenvalue weighted by Crippen LogP contribution is 2.37. The second kappa shape index (κ2) is 7.00. The van der Waals surface area contributed by atoms with Gasteiger partial charge in [-0.15, -0.1) is 0 Å². The molecule has 1 aromatic heterocycles. The molecule has 2 aliphatic heterocycles. The lowest BCUT2D eigenvalue weighted by Gasteiger charge is -2.37. The molecule has 1 unspecified atom stereocenters. The van der Waals surface area contributed by atoms with E-state index in [1.54, 1.807) is 0 Å². The largest absolute Gasteiger partial charge is 0.301 e. The fourth-order valence-corrected chi connectivity index (χ4v) is 6.22. The van der Waals surface area contributed by atoms with Crippen LogP contribution in [0.25, 0.3) is 0 Å². The van der Waals surface area contributed by atoms with Gasteiger partial charge in [0.1, 0.15) is 5.82 Å². The molecule has 0 amide bonds. The van der Waals surface area contributed by atoms with Crippen molar-refractivity contribution in [1.82, 2.24) is 24.1 Å². The van der Waals surface area contributed by atoms with Gasteiger partial charge in [0.2, 0.25) is 0 Å². The Morgan fingerprint density at radius 3 is 2.35 bits per heavy atom. The summed E-state index contributed by atoms with van der Waals surface area (Å²) in [4.78, 5) is 4.73. The van der Waals surface area contributed by atoms with E-state index < -0.39 is 9.84 Å². The molecule has 9 heteroatoms. The number of hydrogen-bond donors (Lipinski definition) is 0. The summed E-state index contributed by atoms with van der Waals surface area (Å²) in [7, 11) is -2.81. The quantitative estimate of drug-likeness (QED) is 0.702. The van der Waals surface area contributed by atoms with Gasteiger partial charge in [0.05, 0.1) is 18.2 Å². The van der Waals surface area contributed by atoms with Crippen molar-refractivity contribution in [3.8, 4) is 0 Å². The first kappa shape index (κ1) is 18.6. The van der Waals surface area contributed by atoms with Crippen LogP contribution in [0, 0.1) is 4.77 Å². The molecule has 4 rings (SSSR count). The third-order valence-corrected chi connectivity index (χ3v) is 7.95. The summed E-state index contributed by atoms with van der Waals surface area (Å²) in [6.45, 7) is 8.80. The standard InChI is InChI=1S/C17H29N5O2S2/c1-13(2)16-18-21(17(25)22(16)14-3-4-14)12-19-6-8-20(9-7-19)15-5-10-26(23,24)11-15/h13-15H,3-12H2,1-2H3. The number of hydrogen-bond acceptors (Lipinski definition) is 6. The van der Waals surface area contributed by atoms with Crippen molar-refractivity contribution < 1.29 is 8.42 Å². The molecule has 26 heavy (non-hydrogen) atoms. The Morgan fingerprint density at radius 1 is 1.12 bits per heavy atom. The smallest absolute Gasteiger partial charge is 0.199 e. The van der Waals surface area contributed by atoms with Gasteiger partial charge in [0.25, 0.3) is 0 Å². The topological polar surface area (TPSA) is 63.4 Å². The molecule has 0 radical (unpaired) electrons. The van der Waals surface area contributed by atoms with E-state index in [1.165, 1.54) is 12.8 Å². The van der Waals surface area contributed by atoms with Gasteiger partial charge >= 0.3 is 0 Å². The lowest BCUT2D eigenvalue weighted by atomic mass is 10.2. The fraction of sp³-hybridized carbons (Fsp3) is 0.882. The van der Waals surface area contributed by atoms with Gasteiger partial charge in [-0.25, -0.2) is 13.1 Å². The Bertz CT molecular complexity index is 817. The van der Waals surface area contributed by atoms with Crippen molar-refractivity contribution in [1.29, 1.82) is 0 Å². The molecule has 3 aliphatic rings. The van der Waals surface area contributed by atoms with Crippen molar-refractivity contribution in [2.24, 2.45) is 0 Å². The Balaban J connectivity index is 1.39. The van der Waals surface area contributed by atoms with Gasteiger partial charge in [-0.05, 0) is 31.5 Å². The zero-order chi connectivity index (χ0) is 18.5. The summed E-state index contributed by atoms with van der Waals surface area (Å²) in [5.41, 5.74) is 0. The van der Waals surface area contributed by atoms with Crippen molar-refractivity contribution in [3.05, 3.63) is 10.6 Å². The predicted octanol–water partition coefficient (Wildman–Crippen LogP) is 1.63. The monoisotopic (exact) mass is 399 g/mol. The van der Waals surface area contributed by atoms with Gasteiger partial charge in [-0.2, -0.15) is 5.10 Å². The third-order valence-electron chi connectivity index (χ3n) is 5.79. The van der Waals surface area contributed by atoms with Crippen LogP contribution in [0.15, 0.2) is 0 Å². The molecule has 0 bridgehead atoms. The highest BCUT2D eigenvalue weighted by atomic mass is 32.2. The van der Waals surface area contributed by atoms with Crippen molar-refractivity contribution in [2.45, 2.75) is 57.8 Å². The van der Waals surface area contributed by atoms with Crippen LogP contribution in [0.2, 0.25) is 0 Å². The lowest BCUT2D eigenvalue weighted by Crippen LogP contribution is -2.51. The summed E-state index contributed by atoms with van der Waals surface area (Å²) < 4.78 is 28.5. The van der Waals surface area contributed by atoms with E-state index in [-0.39, 0.29) is 6.04 Å². The van der Waals surface area contributed by atoms with E-state index in [0.29, 0.717) is 23.5 Å². The van der Waals surface area contributed by atoms with E-state index in [0.717, 1.165) is 49.9 Å². The predicted molar refractivity (Wildman–Crippen MR) is 104 cm³/mol. The van der Waals surface area contributed by atoms with Gasteiger partial charge in [0, 0.05) is 44.2 Å². The Hall–Kier alpha value is -0.770. The molecule has 2 saturated heterocycles. The van der Waals surface area contributed by atoms with Crippen LogP contribution in [0.4, 0.5) is 0 Å². The SMILES string of the molecule is CC(C)c1nn(CN2CCN(C3CCS(=O)(=O)C3)CC2)c(=S)n1C1CC1. The van der Waals surface area contributed by atoms with Gasteiger partial charge in [-0.3, -0.25) is 9.80 Å². The van der Waals surface area contributed by atoms with Crippen LogP contribution in [0.1, 0.15) is 50.9 Å². The zero-order valence-electron chi connectivity index (χ0n) is 15.7. The van der Waals surface area contributed by atoms with Crippen molar-refractivity contribution >= 4 is 22.1 Å². The third kappa shape index (κ3) is 3.76. The van der Waals surface area contributed by atoms with Gasteiger partial charge in [0.15, 0.2) is 14.6 Å². The number of nitrogens with zero attached hydrogens (tertiary/aromatic N) is 5. The first-order valence-corrected chi connectivity index (χ1v) is 11.9. The molecule has 7 nitrogen and oxygen atoms in total. The van der Waals surface area contributed by atoms with E-state index in [9.17, 15) is 8.42 Å². The van der Waals surface area contributed by atoms with Crippen LogP contribution in [0.5, 0.6) is 0 Å². The zero-order valence-corrected chi connectivity index (χ0v) is 17.3. The molecular weight excluding hydrogens is 370 g/mol. The summed E-state index contributed by atoms with van der Waals surface area (Å²) in [6, 6.07) is 0.765. The van der Waals surface area contributed by atoms with Gasteiger partial charge in [-0.1, -0.05) is 13.8 Å². The molecule has 3 heterocycles. The molecule has 0 aromatic carbocycles. The maximum absolute atomic E-state index is 11.7. The number of rotatable bonds is 5. The molecule has 0 N–H and O–H groups in total. The van der Waals surface area contributed by atoms with Crippen molar-refractivity contribution in [2.75, 3.05) is 37.7 Å². The highest BCUT2D eigenvalue weighted by molar-refractivity contribution is 7.91. The van der Waals surface area contributed by atoms with E-state index in [4.69, 9.17) is 17.3 Å². The minimum atomic E-state index is -2.81. The number of piperazine rings is 1. The highest BCUT2D eigenvalue weighted by Gasteiger charge is 2.34. The first-order chi connectivity index (χ1) is 12.3. The van der Waals surface area contributed by atoms with Crippen LogP contribution in [-0.4, -0.2) is 76.3 Å². The summed E-state index contributed by atoms with van der Waals surface area (Å²) >= 11 is 5.71. The molecule has 3 fully saturated rings. The Morgan fingerprint density at radius 2 is 1.81 bits per heavy atom. The van der Waals surface area contributed by atoms with Crippen LogP contribution < -0.4 is 0 Å². The molecule has 146 valence electrons. The van der Waals surface area contributed by atoms with Crippen LogP contribution in [-0.2, 0) is 16.5 Å². The maximum atomic E-state index is 11.7. The minimum Gasteiger partial charge on any atom is -0.301 e. The fourth-order valence-electron chi connectivity index (χ4n) is 4.12. The van der Waals surface area contributed by atoms with E-state index in [2.05, 4.69) is 28.2 Å². The molecule has 1 aliphatic carbocycles. The molecular formula is C17H29N5O2S2. The second-order valence-corrected chi connectivity index (χ2v) is 10.8. The summed E-state index contributed by atoms with van der Waals surface area (Å²) in [5.74, 6) is 2.16. The minimum absolute atomic E-state index is 0.214. The maximum Gasteiger partial charge on any atom is 0.199 e. The summed E-state index contributed by atoms with van der Waals surface area (Å²) in [6.07, 6.45) is 3.21. The van der Waals surface area contributed by atoms with E-state index >= 15 is 0 Å². The average molecular weight is 400 g/mol. The lowest BCUT2D eigenvalue weighted by molar-refractivity contribution is 0.0806. The molecule has 1 saturated carbocycles. The normalized spacial score (nSPS) is 27.4. The summed E-state index contributed by atoms with van der Waals surface area (Å²) in [5, 5.41) is 4.82.